The summed E-state index contributed by atoms with van der Waals surface area (Å²) >= 11 is 0. The third-order valence-corrected chi connectivity index (χ3v) is 4.46. The van der Waals surface area contributed by atoms with E-state index in [0.29, 0.717) is 6.42 Å². The van der Waals surface area contributed by atoms with Crippen LogP contribution in [0.2, 0.25) is 0 Å². The van der Waals surface area contributed by atoms with Crippen molar-refractivity contribution in [2.75, 3.05) is 0 Å². The summed E-state index contributed by atoms with van der Waals surface area (Å²) in [5.41, 5.74) is 0.103. The van der Waals surface area contributed by atoms with Crippen LogP contribution in [0.15, 0.2) is 30.3 Å². The Kier molecular flexibility index (Phi) is 4.12. The second kappa shape index (κ2) is 5.65. The third-order valence-electron chi connectivity index (χ3n) is 4.46. The number of hydrogen-bond acceptors (Lipinski definition) is 2. The van der Waals surface area contributed by atoms with E-state index in [-0.39, 0.29) is 17.9 Å². The first-order valence-corrected chi connectivity index (χ1v) is 7.04. The summed E-state index contributed by atoms with van der Waals surface area (Å²) in [7, 11) is 0. The normalized spacial score (nSPS) is 27.0. The van der Waals surface area contributed by atoms with Gasteiger partial charge < -0.3 is 10.4 Å². The van der Waals surface area contributed by atoms with Crippen LogP contribution in [0.5, 0.6) is 0 Å². The molecule has 108 valence electrons. The number of nitrogens with one attached hydrogen (secondary N) is 1. The Morgan fingerprint density at radius 3 is 2.60 bits per heavy atom. The summed E-state index contributed by atoms with van der Waals surface area (Å²) in [5, 5.41) is 12.3. The average Bonchev–Trinajstić information content (AvgIpc) is 2.81. The second-order valence-corrected chi connectivity index (χ2v) is 5.81. The van der Waals surface area contributed by atoms with E-state index < -0.39 is 11.4 Å². The third kappa shape index (κ3) is 2.69. The lowest BCUT2D eigenvalue weighted by atomic mass is 9.84. The molecule has 1 amide bonds. The van der Waals surface area contributed by atoms with Crippen LogP contribution in [0.1, 0.15) is 44.6 Å². The summed E-state index contributed by atoms with van der Waals surface area (Å²) < 4.78 is 0. The average molecular weight is 275 g/mol. The van der Waals surface area contributed by atoms with E-state index >= 15 is 0 Å². The molecule has 0 aliphatic heterocycles. The van der Waals surface area contributed by atoms with E-state index in [1.165, 1.54) is 0 Å². The van der Waals surface area contributed by atoms with Crippen molar-refractivity contribution in [3.8, 4) is 0 Å². The van der Waals surface area contributed by atoms with Crippen LogP contribution in [0.4, 0.5) is 0 Å². The molecule has 4 heteroatoms. The molecule has 0 bridgehead atoms. The van der Waals surface area contributed by atoms with Crippen molar-refractivity contribution in [3.05, 3.63) is 35.9 Å². The Morgan fingerprint density at radius 2 is 2.00 bits per heavy atom. The van der Waals surface area contributed by atoms with Crippen molar-refractivity contribution < 1.29 is 14.7 Å². The maximum atomic E-state index is 12.3. The van der Waals surface area contributed by atoms with E-state index in [1.54, 1.807) is 6.92 Å². The molecule has 4 nitrogen and oxygen atoms in total. The Bertz CT molecular complexity index is 500. The molecule has 1 aliphatic rings. The van der Waals surface area contributed by atoms with Gasteiger partial charge in [0, 0.05) is 6.04 Å². The fourth-order valence-electron chi connectivity index (χ4n) is 2.84. The van der Waals surface area contributed by atoms with Crippen LogP contribution >= 0.6 is 0 Å². The monoisotopic (exact) mass is 275 g/mol. The molecule has 0 spiro atoms. The van der Waals surface area contributed by atoms with Gasteiger partial charge in [-0.1, -0.05) is 36.8 Å². The molecule has 1 aromatic rings. The highest BCUT2D eigenvalue weighted by Gasteiger charge is 2.46. The quantitative estimate of drug-likeness (QED) is 0.887. The largest absolute Gasteiger partial charge is 0.481 e. The topological polar surface area (TPSA) is 66.4 Å². The van der Waals surface area contributed by atoms with E-state index in [4.69, 9.17) is 0 Å². The Labute approximate surface area is 119 Å². The van der Waals surface area contributed by atoms with Gasteiger partial charge in [-0.2, -0.15) is 0 Å². The number of benzene rings is 1. The summed E-state index contributed by atoms with van der Waals surface area (Å²) in [6.07, 6.45) is 2.19. The predicted octanol–water partition coefficient (Wildman–Crippen LogP) is 2.55. The Balaban J connectivity index is 2.06. The van der Waals surface area contributed by atoms with Crippen molar-refractivity contribution in [1.82, 2.24) is 5.32 Å². The summed E-state index contributed by atoms with van der Waals surface area (Å²) in [5.74, 6) is -1.20. The van der Waals surface area contributed by atoms with E-state index in [1.807, 2.05) is 37.3 Å². The van der Waals surface area contributed by atoms with Gasteiger partial charge in [-0.25, -0.2) is 0 Å². The first kappa shape index (κ1) is 14.6. The van der Waals surface area contributed by atoms with E-state index in [9.17, 15) is 14.7 Å². The molecule has 0 radical (unpaired) electrons. The first-order chi connectivity index (χ1) is 9.45. The van der Waals surface area contributed by atoms with Crippen molar-refractivity contribution in [2.24, 2.45) is 5.41 Å². The molecule has 3 unspecified atom stereocenters. The van der Waals surface area contributed by atoms with Crippen molar-refractivity contribution in [1.29, 1.82) is 0 Å². The molecular formula is C16H21NO3. The van der Waals surface area contributed by atoms with Gasteiger partial charge in [-0.05, 0) is 32.3 Å². The van der Waals surface area contributed by atoms with Gasteiger partial charge in [0.25, 0.3) is 0 Å². The van der Waals surface area contributed by atoms with Gasteiger partial charge >= 0.3 is 5.97 Å². The lowest BCUT2D eigenvalue weighted by molar-refractivity contribution is -0.149. The molecule has 2 N–H and O–H groups in total. The van der Waals surface area contributed by atoms with Gasteiger partial charge in [0.2, 0.25) is 5.91 Å². The molecule has 1 fully saturated rings. The van der Waals surface area contributed by atoms with Gasteiger partial charge in [0.15, 0.2) is 0 Å². The predicted molar refractivity (Wildman–Crippen MR) is 76.4 cm³/mol. The molecule has 20 heavy (non-hydrogen) atoms. The molecule has 0 heterocycles. The summed E-state index contributed by atoms with van der Waals surface area (Å²) in [6.45, 7) is 3.57. The van der Waals surface area contributed by atoms with Crippen LogP contribution in [0.3, 0.4) is 0 Å². The number of carboxylic acid groups (broad SMARTS) is 1. The maximum Gasteiger partial charge on any atom is 0.311 e. The zero-order chi connectivity index (χ0) is 14.8. The number of aliphatic carboxylic acids is 1. The number of carbonyl (C=O) groups is 2. The molecule has 1 aliphatic carbocycles. The van der Waals surface area contributed by atoms with Crippen LogP contribution < -0.4 is 5.32 Å². The molecule has 2 rings (SSSR count). The molecule has 1 aromatic carbocycles. The number of carbonyl (C=O) groups excluding carboxylic acids is 1. The number of amides is 1. The van der Waals surface area contributed by atoms with Crippen LogP contribution in [0, 0.1) is 5.41 Å². The SMILES string of the molecule is CC(C(=O)NC1CCCC1(C)C(=O)O)c1ccccc1. The van der Waals surface area contributed by atoms with Gasteiger partial charge in [0.1, 0.15) is 0 Å². The lowest BCUT2D eigenvalue weighted by Crippen LogP contribution is -2.48. The molecular weight excluding hydrogens is 254 g/mol. The summed E-state index contributed by atoms with van der Waals surface area (Å²) in [4.78, 5) is 23.7. The van der Waals surface area contributed by atoms with Crippen LogP contribution in [-0.2, 0) is 9.59 Å². The minimum absolute atomic E-state index is 0.101. The van der Waals surface area contributed by atoms with Crippen LogP contribution in [-0.4, -0.2) is 23.0 Å². The van der Waals surface area contributed by atoms with Gasteiger partial charge in [-0.3, -0.25) is 9.59 Å². The molecule has 0 saturated heterocycles. The fraction of sp³-hybridized carbons (Fsp3) is 0.500. The van der Waals surface area contributed by atoms with Crippen molar-refractivity contribution >= 4 is 11.9 Å². The smallest absolute Gasteiger partial charge is 0.311 e. The Hall–Kier alpha value is -1.84. The second-order valence-electron chi connectivity index (χ2n) is 5.81. The number of hydrogen-bond donors (Lipinski definition) is 2. The van der Waals surface area contributed by atoms with E-state index in [0.717, 1.165) is 18.4 Å². The number of carboxylic acids is 1. The minimum atomic E-state index is -0.841. The fourth-order valence-corrected chi connectivity index (χ4v) is 2.84. The van der Waals surface area contributed by atoms with E-state index in [2.05, 4.69) is 5.32 Å². The van der Waals surface area contributed by atoms with Crippen LogP contribution in [0.25, 0.3) is 0 Å². The highest BCUT2D eigenvalue weighted by molar-refractivity contribution is 5.85. The van der Waals surface area contributed by atoms with Crippen molar-refractivity contribution in [2.45, 2.75) is 45.1 Å². The van der Waals surface area contributed by atoms with Crippen molar-refractivity contribution in [3.63, 3.8) is 0 Å². The standard InChI is InChI=1S/C16H21NO3/c1-11(12-7-4-3-5-8-12)14(18)17-13-9-6-10-16(13,2)15(19)20/h3-5,7-8,11,13H,6,9-10H2,1-2H3,(H,17,18)(H,19,20). The van der Waals surface area contributed by atoms with Gasteiger partial charge in [0.05, 0.1) is 11.3 Å². The number of rotatable bonds is 4. The molecule has 3 atom stereocenters. The molecule has 1 saturated carbocycles. The zero-order valence-corrected chi connectivity index (χ0v) is 11.9. The minimum Gasteiger partial charge on any atom is -0.481 e. The highest BCUT2D eigenvalue weighted by atomic mass is 16.4. The maximum absolute atomic E-state index is 12.3. The summed E-state index contributed by atoms with van der Waals surface area (Å²) in [6, 6.07) is 9.25. The zero-order valence-electron chi connectivity index (χ0n) is 11.9. The lowest BCUT2D eigenvalue weighted by Gasteiger charge is -2.28. The highest BCUT2D eigenvalue weighted by Crippen LogP contribution is 2.38. The Morgan fingerprint density at radius 1 is 1.35 bits per heavy atom. The van der Waals surface area contributed by atoms with Gasteiger partial charge in [-0.15, -0.1) is 0 Å². The molecule has 0 aromatic heterocycles. The first-order valence-electron chi connectivity index (χ1n) is 7.04.